The summed E-state index contributed by atoms with van der Waals surface area (Å²) in [7, 11) is 0. The Morgan fingerprint density at radius 2 is 2.44 bits per heavy atom. The molecule has 1 aromatic heterocycles. The normalized spacial score (nSPS) is 16.8. The van der Waals surface area contributed by atoms with Crippen molar-refractivity contribution < 1.29 is 4.79 Å². The van der Waals surface area contributed by atoms with E-state index in [0.29, 0.717) is 12.6 Å². The molecule has 1 aromatic rings. The number of hydrogen-bond acceptors (Lipinski definition) is 4. The predicted molar refractivity (Wildman–Crippen MR) is 59.5 cm³/mol. The van der Waals surface area contributed by atoms with Gasteiger partial charge in [0.2, 0.25) is 5.91 Å². The first-order valence-electron chi connectivity index (χ1n) is 5.56. The summed E-state index contributed by atoms with van der Waals surface area (Å²) >= 11 is 0. The highest BCUT2D eigenvalue weighted by molar-refractivity contribution is 5.81. The number of rotatable bonds is 5. The van der Waals surface area contributed by atoms with Crippen LogP contribution in [-0.2, 0) is 11.3 Å². The molecule has 1 atom stereocenters. The molecule has 16 heavy (non-hydrogen) atoms. The molecule has 5 nitrogen and oxygen atoms in total. The molecule has 86 valence electrons. The first-order valence-corrected chi connectivity index (χ1v) is 5.56. The Balaban J connectivity index is 1.74. The molecule has 1 amide bonds. The van der Waals surface area contributed by atoms with E-state index in [0.717, 1.165) is 18.5 Å². The minimum absolute atomic E-state index is 0.0615. The second-order valence-electron chi connectivity index (χ2n) is 4.10. The van der Waals surface area contributed by atoms with Gasteiger partial charge in [-0.05, 0) is 31.9 Å². The van der Waals surface area contributed by atoms with Crippen LogP contribution in [0.3, 0.4) is 0 Å². The van der Waals surface area contributed by atoms with E-state index in [1.165, 1.54) is 0 Å². The van der Waals surface area contributed by atoms with Gasteiger partial charge in [-0.2, -0.15) is 10.2 Å². The molecular formula is C11H16N4O. The summed E-state index contributed by atoms with van der Waals surface area (Å²) in [6.45, 7) is 2.42. The van der Waals surface area contributed by atoms with Crippen molar-refractivity contribution in [3.05, 3.63) is 24.0 Å². The second-order valence-corrected chi connectivity index (χ2v) is 4.10. The molecule has 1 aliphatic carbocycles. The zero-order valence-corrected chi connectivity index (χ0v) is 9.31. The number of nitrogens with one attached hydrogen (secondary N) is 2. The van der Waals surface area contributed by atoms with E-state index in [4.69, 9.17) is 0 Å². The lowest BCUT2D eigenvalue weighted by atomic mass is 10.3. The van der Waals surface area contributed by atoms with Gasteiger partial charge < -0.3 is 10.6 Å². The van der Waals surface area contributed by atoms with Crippen molar-refractivity contribution in [1.29, 1.82) is 0 Å². The van der Waals surface area contributed by atoms with Crippen LogP contribution in [-0.4, -0.2) is 28.2 Å². The number of nitrogens with zero attached hydrogens (tertiary/aromatic N) is 2. The van der Waals surface area contributed by atoms with E-state index in [-0.39, 0.29) is 11.9 Å². The molecule has 0 aromatic carbocycles. The van der Waals surface area contributed by atoms with E-state index in [1.807, 2.05) is 19.1 Å². The van der Waals surface area contributed by atoms with E-state index >= 15 is 0 Å². The molecular weight excluding hydrogens is 204 g/mol. The van der Waals surface area contributed by atoms with Crippen molar-refractivity contribution in [2.75, 3.05) is 0 Å². The third-order valence-corrected chi connectivity index (χ3v) is 2.53. The quantitative estimate of drug-likeness (QED) is 0.745. The Labute approximate surface area is 94.6 Å². The highest BCUT2D eigenvalue weighted by Gasteiger charge is 2.25. The maximum Gasteiger partial charge on any atom is 0.237 e. The minimum atomic E-state index is -0.192. The topological polar surface area (TPSA) is 66.9 Å². The van der Waals surface area contributed by atoms with Crippen molar-refractivity contribution in [1.82, 2.24) is 20.8 Å². The molecule has 0 bridgehead atoms. The van der Waals surface area contributed by atoms with E-state index in [2.05, 4.69) is 20.8 Å². The number of amides is 1. The summed E-state index contributed by atoms with van der Waals surface area (Å²) in [6.07, 6.45) is 3.86. The monoisotopic (exact) mass is 220 g/mol. The van der Waals surface area contributed by atoms with Crippen LogP contribution in [0, 0.1) is 0 Å². The lowest BCUT2D eigenvalue weighted by Crippen LogP contribution is -2.42. The van der Waals surface area contributed by atoms with Crippen LogP contribution in [0.5, 0.6) is 0 Å². The molecule has 1 unspecified atom stereocenters. The van der Waals surface area contributed by atoms with E-state index in [1.54, 1.807) is 6.20 Å². The van der Waals surface area contributed by atoms with E-state index in [9.17, 15) is 4.79 Å². The lowest BCUT2D eigenvalue weighted by Gasteiger charge is -2.12. The smallest absolute Gasteiger partial charge is 0.237 e. The fraction of sp³-hybridized carbons (Fsp3) is 0.545. The summed E-state index contributed by atoms with van der Waals surface area (Å²) in [6, 6.07) is 3.93. The van der Waals surface area contributed by atoms with Crippen molar-refractivity contribution in [2.24, 2.45) is 0 Å². The SMILES string of the molecule is CC(NCc1cccnn1)C(=O)NC1CC1. The third kappa shape index (κ3) is 3.27. The predicted octanol–water partition coefficient (Wildman–Crippen LogP) is 0.233. The van der Waals surface area contributed by atoms with Crippen LogP contribution >= 0.6 is 0 Å². The van der Waals surface area contributed by atoms with Crippen molar-refractivity contribution in [3.8, 4) is 0 Å². The van der Waals surface area contributed by atoms with Gasteiger partial charge in [0.05, 0.1) is 11.7 Å². The molecule has 2 N–H and O–H groups in total. The number of hydrogen-bond donors (Lipinski definition) is 2. The molecule has 1 saturated carbocycles. The van der Waals surface area contributed by atoms with Gasteiger partial charge in [-0.15, -0.1) is 0 Å². The Hall–Kier alpha value is -1.49. The first-order chi connectivity index (χ1) is 7.75. The van der Waals surface area contributed by atoms with Crippen LogP contribution in [0.4, 0.5) is 0 Å². The maximum absolute atomic E-state index is 11.6. The van der Waals surface area contributed by atoms with E-state index < -0.39 is 0 Å². The summed E-state index contributed by atoms with van der Waals surface area (Å²) < 4.78 is 0. The number of carbonyl (C=O) groups excluding carboxylic acids is 1. The summed E-state index contributed by atoms with van der Waals surface area (Å²) in [4.78, 5) is 11.6. The zero-order valence-electron chi connectivity index (χ0n) is 9.31. The van der Waals surface area contributed by atoms with Gasteiger partial charge in [0.15, 0.2) is 0 Å². The van der Waals surface area contributed by atoms with Gasteiger partial charge in [0, 0.05) is 18.8 Å². The molecule has 0 aliphatic heterocycles. The van der Waals surface area contributed by atoms with Gasteiger partial charge in [0.1, 0.15) is 0 Å². The summed E-state index contributed by atoms with van der Waals surface area (Å²) in [5.41, 5.74) is 0.841. The number of carbonyl (C=O) groups is 1. The van der Waals surface area contributed by atoms with Gasteiger partial charge in [-0.1, -0.05) is 0 Å². The van der Waals surface area contributed by atoms with Crippen molar-refractivity contribution >= 4 is 5.91 Å². The highest BCUT2D eigenvalue weighted by atomic mass is 16.2. The zero-order chi connectivity index (χ0) is 11.4. The van der Waals surface area contributed by atoms with Crippen LogP contribution in [0.1, 0.15) is 25.5 Å². The van der Waals surface area contributed by atoms with Gasteiger partial charge in [0.25, 0.3) is 0 Å². The third-order valence-electron chi connectivity index (χ3n) is 2.53. The van der Waals surface area contributed by atoms with Crippen molar-refractivity contribution in [3.63, 3.8) is 0 Å². The fourth-order valence-corrected chi connectivity index (χ4v) is 1.33. The Morgan fingerprint density at radius 1 is 1.62 bits per heavy atom. The average Bonchev–Trinajstić information content (AvgIpc) is 3.11. The maximum atomic E-state index is 11.6. The summed E-state index contributed by atoms with van der Waals surface area (Å²) in [5, 5.41) is 13.8. The summed E-state index contributed by atoms with van der Waals surface area (Å²) in [5.74, 6) is 0.0615. The van der Waals surface area contributed by atoms with Crippen LogP contribution < -0.4 is 10.6 Å². The molecule has 2 rings (SSSR count). The molecule has 1 fully saturated rings. The minimum Gasteiger partial charge on any atom is -0.352 e. The highest BCUT2D eigenvalue weighted by Crippen LogP contribution is 2.18. The standard InChI is InChI=1S/C11H16N4O/c1-8(11(16)14-9-4-5-9)12-7-10-3-2-6-13-15-10/h2-3,6,8-9,12H,4-5,7H2,1H3,(H,14,16). The van der Waals surface area contributed by atoms with Gasteiger partial charge >= 0.3 is 0 Å². The molecule has 5 heteroatoms. The average molecular weight is 220 g/mol. The first kappa shape index (κ1) is 11.0. The van der Waals surface area contributed by atoms with Gasteiger partial charge in [-0.25, -0.2) is 0 Å². The van der Waals surface area contributed by atoms with Crippen molar-refractivity contribution in [2.45, 2.75) is 38.4 Å². The fourth-order valence-electron chi connectivity index (χ4n) is 1.33. The Kier molecular flexibility index (Phi) is 3.46. The van der Waals surface area contributed by atoms with Crippen LogP contribution in [0.25, 0.3) is 0 Å². The molecule has 0 saturated heterocycles. The lowest BCUT2D eigenvalue weighted by molar-refractivity contribution is -0.122. The van der Waals surface area contributed by atoms with Crippen LogP contribution in [0.2, 0.25) is 0 Å². The molecule has 0 radical (unpaired) electrons. The van der Waals surface area contributed by atoms with Crippen LogP contribution in [0.15, 0.2) is 18.3 Å². The molecule has 1 aliphatic rings. The Morgan fingerprint density at radius 3 is 3.06 bits per heavy atom. The molecule has 0 spiro atoms. The number of aromatic nitrogens is 2. The van der Waals surface area contributed by atoms with Gasteiger partial charge in [-0.3, -0.25) is 4.79 Å². The second kappa shape index (κ2) is 5.03. The Bertz CT molecular complexity index is 350. The molecule has 1 heterocycles. The largest absolute Gasteiger partial charge is 0.352 e.